The van der Waals surface area contributed by atoms with Crippen LogP contribution in [0.3, 0.4) is 0 Å². The maximum Gasteiger partial charge on any atom is 0.300 e. The molecule has 1 unspecified atom stereocenters. The van der Waals surface area contributed by atoms with Gasteiger partial charge in [-0.05, 0) is 65.7 Å². The summed E-state index contributed by atoms with van der Waals surface area (Å²) in [5.74, 6) is -1.01. The highest BCUT2D eigenvalue weighted by Crippen LogP contribution is 2.42. The number of benzene rings is 2. The minimum Gasteiger partial charge on any atom is -0.507 e. The first-order valence-electron chi connectivity index (χ1n) is 10.1. The van der Waals surface area contributed by atoms with Crippen molar-refractivity contribution in [3.8, 4) is 11.8 Å². The number of pyridine rings is 1. The Hall–Kier alpha value is -4.44. The van der Waals surface area contributed by atoms with Crippen molar-refractivity contribution in [3.05, 3.63) is 94.8 Å². The number of hydrogen-bond donors (Lipinski definition) is 1. The van der Waals surface area contributed by atoms with Gasteiger partial charge < -0.3 is 9.84 Å². The Morgan fingerprint density at radius 2 is 1.84 bits per heavy atom. The monoisotopic (exact) mass is 423 g/mol. The molecule has 0 bridgehead atoms. The number of hydrogen-bond acceptors (Lipinski definition) is 6. The third-order valence-corrected chi connectivity index (χ3v) is 5.70. The van der Waals surface area contributed by atoms with E-state index in [9.17, 15) is 14.7 Å². The molecule has 0 spiro atoms. The Kier molecular flexibility index (Phi) is 4.68. The van der Waals surface area contributed by atoms with Gasteiger partial charge in [-0.15, -0.1) is 0 Å². The zero-order valence-corrected chi connectivity index (χ0v) is 16.9. The summed E-state index contributed by atoms with van der Waals surface area (Å²) in [6, 6.07) is 16.2. The van der Waals surface area contributed by atoms with Crippen molar-refractivity contribution in [2.45, 2.75) is 12.5 Å². The van der Waals surface area contributed by atoms with Crippen molar-refractivity contribution in [1.29, 1.82) is 5.26 Å². The van der Waals surface area contributed by atoms with E-state index in [1.807, 2.05) is 6.07 Å². The van der Waals surface area contributed by atoms with Crippen LogP contribution in [0.5, 0.6) is 5.75 Å². The van der Waals surface area contributed by atoms with E-state index in [1.54, 1.807) is 67.0 Å². The molecule has 3 aromatic rings. The van der Waals surface area contributed by atoms with E-state index >= 15 is 0 Å². The van der Waals surface area contributed by atoms with Crippen molar-refractivity contribution in [3.63, 3.8) is 0 Å². The number of nitriles is 1. The molecule has 2 aliphatic heterocycles. The van der Waals surface area contributed by atoms with Crippen LogP contribution in [-0.2, 0) is 16.0 Å². The van der Waals surface area contributed by atoms with E-state index in [0.717, 1.165) is 11.3 Å². The minimum atomic E-state index is -0.838. The summed E-state index contributed by atoms with van der Waals surface area (Å²) in [6.07, 6.45) is 3.85. The number of fused-ring (bicyclic) bond motifs is 1. The highest BCUT2D eigenvalue weighted by molar-refractivity contribution is 6.51. The van der Waals surface area contributed by atoms with Gasteiger partial charge in [-0.3, -0.25) is 19.5 Å². The number of rotatable bonds is 3. The highest BCUT2D eigenvalue weighted by Gasteiger charge is 2.47. The molecule has 7 heteroatoms. The van der Waals surface area contributed by atoms with E-state index < -0.39 is 17.7 Å². The van der Waals surface area contributed by atoms with E-state index in [4.69, 9.17) is 10.00 Å². The molecule has 32 heavy (non-hydrogen) atoms. The van der Waals surface area contributed by atoms with E-state index in [0.29, 0.717) is 35.4 Å². The summed E-state index contributed by atoms with van der Waals surface area (Å²) in [5.41, 5.74) is 2.92. The van der Waals surface area contributed by atoms with Crippen LogP contribution in [-0.4, -0.2) is 28.4 Å². The zero-order valence-electron chi connectivity index (χ0n) is 16.9. The first kappa shape index (κ1) is 19.5. The predicted molar refractivity (Wildman–Crippen MR) is 116 cm³/mol. The van der Waals surface area contributed by atoms with Crippen molar-refractivity contribution >= 4 is 23.1 Å². The first-order valence-corrected chi connectivity index (χ1v) is 10.1. The minimum absolute atomic E-state index is 0.00410. The molecular formula is C25H17N3O4. The Balaban J connectivity index is 1.68. The average Bonchev–Trinajstić information content (AvgIpc) is 3.41. The molecule has 3 heterocycles. The maximum atomic E-state index is 13.1. The predicted octanol–water partition coefficient (Wildman–Crippen LogP) is 3.51. The molecule has 2 aromatic carbocycles. The Bertz CT molecular complexity index is 1310. The number of ether oxygens (including phenoxy) is 1. The molecule has 1 atom stereocenters. The molecule has 5 rings (SSSR count). The van der Waals surface area contributed by atoms with Gasteiger partial charge in [0.15, 0.2) is 0 Å². The number of amides is 1. The topological polar surface area (TPSA) is 104 Å². The molecule has 7 nitrogen and oxygen atoms in total. The summed E-state index contributed by atoms with van der Waals surface area (Å²) in [4.78, 5) is 31.6. The Labute approximate surface area is 183 Å². The van der Waals surface area contributed by atoms with E-state index in [1.165, 1.54) is 4.90 Å². The van der Waals surface area contributed by atoms with Crippen molar-refractivity contribution in [2.24, 2.45) is 0 Å². The number of carbonyl (C=O) groups is 2. The van der Waals surface area contributed by atoms with E-state index in [-0.39, 0.29) is 11.3 Å². The van der Waals surface area contributed by atoms with Crippen LogP contribution in [0.1, 0.15) is 28.3 Å². The van der Waals surface area contributed by atoms with Crippen LogP contribution >= 0.6 is 0 Å². The van der Waals surface area contributed by atoms with Crippen LogP contribution in [0.15, 0.2) is 72.6 Å². The quantitative estimate of drug-likeness (QED) is 0.393. The fraction of sp³-hybridized carbons (Fsp3) is 0.120. The lowest BCUT2D eigenvalue weighted by Gasteiger charge is -2.25. The van der Waals surface area contributed by atoms with Crippen LogP contribution in [0.2, 0.25) is 0 Å². The number of anilines is 1. The second-order valence-corrected chi connectivity index (χ2v) is 7.53. The van der Waals surface area contributed by atoms with Gasteiger partial charge in [0.1, 0.15) is 11.5 Å². The van der Waals surface area contributed by atoms with Gasteiger partial charge in [-0.2, -0.15) is 5.26 Å². The molecule has 1 fully saturated rings. The Morgan fingerprint density at radius 1 is 1.09 bits per heavy atom. The summed E-state index contributed by atoms with van der Waals surface area (Å²) in [7, 11) is 0. The first-order chi connectivity index (χ1) is 15.6. The number of ketones is 1. The lowest BCUT2D eigenvalue weighted by atomic mass is 9.95. The van der Waals surface area contributed by atoms with Crippen molar-refractivity contribution in [1.82, 2.24) is 4.98 Å². The van der Waals surface area contributed by atoms with Gasteiger partial charge in [0, 0.05) is 30.1 Å². The number of aromatic nitrogens is 1. The van der Waals surface area contributed by atoms with Crippen LogP contribution in [0.25, 0.3) is 5.76 Å². The average molecular weight is 423 g/mol. The number of carbonyl (C=O) groups excluding carboxylic acids is 2. The second-order valence-electron chi connectivity index (χ2n) is 7.53. The Morgan fingerprint density at radius 3 is 2.56 bits per heavy atom. The highest BCUT2D eigenvalue weighted by atomic mass is 16.5. The number of nitrogens with zero attached hydrogens (tertiary/aromatic N) is 3. The molecule has 156 valence electrons. The molecule has 0 saturated carbocycles. The molecule has 0 aliphatic carbocycles. The molecule has 1 N–H and O–H groups in total. The van der Waals surface area contributed by atoms with Gasteiger partial charge in [-0.1, -0.05) is 0 Å². The maximum absolute atomic E-state index is 13.1. The molecular weight excluding hydrogens is 406 g/mol. The molecule has 1 amide bonds. The van der Waals surface area contributed by atoms with E-state index in [2.05, 4.69) is 4.98 Å². The summed E-state index contributed by atoms with van der Waals surface area (Å²) in [6.45, 7) is 0.569. The molecule has 1 aromatic heterocycles. The number of Topliss-reactive ketones (excluding diaryl/α,β-unsaturated/α-hetero) is 1. The lowest BCUT2D eigenvalue weighted by Crippen LogP contribution is -2.29. The third kappa shape index (κ3) is 3.10. The second kappa shape index (κ2) is 7.67. The summed E-state index contributed by atoms with van der Waals surface area (Å²) in [5, 5.41) is 20.3. The largest absolute Gasteiger partial charge is 0.507 e. The van der Waals surface area contributed by atoms with Crippen molar-refractivity contribution < 1.29 is 19.4 Å². The fourth-order valence-electron chi connectivity index (χ4n) is 4.15. The summed E-state index contributed by atoms with van der Waals surface area (Å²) >= 11 is 0. The SMILES string of the molecule is N#Cc1ccc(N2C(=O)C(=O)/C(=C(\O)c3ccc4c(c3)CCO4)C2c2ccncc2)cc1. The zero-order chi connectivity index (χ0) is 22.2. The normalized spacial score (nSPS) is 18.8. The van der Waals surface area contributed by atoms with Gasteiger partial charge in [0.2, 0.25) is 0 Å². The van der Waals surface area contributed by atoms with Crippen molar-refractivity contribution in [2.75, 3.05) is 11.5 Å². The smallest absolute Gasteiger partial charge is 0.300 e. The lowest BCUT2D eigenvalue weighted by molar-refractivity contribution is -0.132. The molecule has 0 radical (unpaired) electrons. The van der Waals surface area contributed by atoms with Crippen LogP contribution in [0, 0.1) is 11.3 Å². The number of aliphatic hydroxyl groups is 1. The van der Waals surface area contributed by atoms with Gasteiger partial charge in [0.25, 0.3) is 11.7 Å². The molecule has 2 aliphatic rings. The third-order valence-electron chi connectivity index (χ3n) is 5.70. The number of aliphatic hydroxyl groups excluding tert-OH is 1. The van der Waals surface area contributed by atoms with Crippen LogP contribution < -0.4 is 9.64 Å². The fourth-order valence-corrected chi connectivity index (χ4v) is 4.15. The standard InChI is InChI=1S/C25H17N3O4/c26-14-15-1-4-19(5-2-15)28-22(16-7-10-27-11-8-16)21(24(30)25(28)31)23(29)18-3-6-20-17(13-18)9-12-32-20/h1-8,10-11,13,22,29H,9,12H2/b23-21-. The van der Waals surface area contributed by atoms with Gasteiger partial charge in [-0.25, -0.2) is 0 Å². The van der Waals surface area contributed by atoms with Gasteiger partial charge in [0.05, 0.1) is 29.9 Å². The molecule has 1 saturated heterocycles. The van der Waals surface area contributed by atoms with Gasteiger partial charge >= 0.3 is 0 Å². The summed E-state index contributed by atoms with van der Waals surface area (Å²) < 4.78 is 5.52. The van der Waals surface area contributed by atoms with Crippen LogP contribution in [0.4, 0.5) is 5.69 Å².